The number of carbonyl (C=O) groups excluding carboxylic acids is 2. The quantitative estimate of drug-likeness (QED) is 0.280. The fourth-order valence-corrected chi connectivity index (χ4v) is 0.997. The van der Waals surface area contributed by atoms with Crippen LogP contribution in [0.5, 0.6) is 0 Å². The van der Waals surface area contributed by atoms with Gasteiger partial charge in [0.05, 0.1) is 13.2 Å². The molecule has 0 aliphatic heterocycles. The lowest BCUT2D eigenvalue weighted by atomic mass is 10.1. The molecule has 16 heavy (non-hydrogen) atoms. The normalized spacial score (nSPS) is 10.5. The van der Waals surface area contributed by atoms with Crippen LogP contribution in [-0.2, 0) is 23.9 Å². The SMILES string of the molecule is CCOC(=O)C(C/C=N/OC)C(=O)OCC. The zero-order valence-corrected chi connectivity index (χ0v) is 9.76. The van der Waals surface area contributed by atoms with Gasteiger partial charge >= 0.3 is 11.9 Å². The van der Waals surface area contributed by atoms with Gasteiger partial charge in [-0.25, -0.2) is 0 Å². The number of carbonyl (C=O) groups is 2. The summed E-state index contributed by atoms with van der Waals surface area (Å²) in [6.45, 7) is 3.78. The van der Waals surface area contributed by atoms with E-state index in [0.717, 1.165) is 0 Å². The predicted octanol–water partition coefficient (Wildman–Crippen LogP) is 0.751. The summed E-state index contributed by atoms with van der Waals surface area (Å²) in [5.41, 5.74) is 0. The van der Waals surface area contributed by atoms with Crippen molar-refractivity contribution in [1.82, 2.24) is 0 Å². The Morgan fingerprint density at radius 2 is 1.69 bits per heavy atom. The molecule has 0 aromatic carbocycles. The first-order valence-corrected chi connectivity index (χ1v) is 5.05. The molecule has 0 aromatic rings. The van der Waals surface area contributed by atoms with Gasteiger partial charge in [0.15, 0.2) is 5.92 Å². The van der Waals surface area contributed by atoms with Crippen LogP contribution in [0.2, 0.25) is 0 Å². The van der Waals surface area contributed by atoms with Crippen molar-refractivity contribution in [3.05, 3.63) is 0 Å². The molecule has 92 valence electrons. The molecule has 0 amide bonds. The number of hydrogen-bond acceptors (Lipinski definition) is 6. The molecule has 0 rings (SSSR count). The van der Waals surface area contributed by atoms with Crippen molar-refractivity contribution in [3.63, 3.8) is 0 Å². The highest BCUT2D eigenvalue weighted by Gasteiger charge is 2.28. The van der Waals surface area contributed by atoms with E-state index >= 15 is 0 Å². The number of esters is 2. The lowest BCUT2D eigenvalue weighted by molar-refractivity contribution is -0.161. The van der Waals surface area contributed by atoms with Crippen LogP contribution in [0.15, 0.2) is 5.16 Å². The van der Waals surface area contributed by atoms with Crippen molar-refractivity contribution in [1.29, 1.82) is 0 Å². The Kier molecular flexibility index (Phi) is 7.83. The summed E-state index contributed by atoms with van der Waals surface area (Å²) in [4.78, 5) is 27.3. The van der Waals surface area contributed by atoms with E-state index in [0.29, 0.717) is 0 Å². The standard InChI is InChI=1S/C10H17NO5/c1-4-15-9(12)8(6-7-11-14-3)10(13)16-5-2/h7-8H,4-6H2,1-3H3/b11-7+. The molecule has 0 saturated heterocycles. The van der Waals surface area contributed by atoms with Crippen LogP contribution < -0.4 is 0 Å². The van der Waals surface area contributed by atoms with Gasteiger partial charge in [0, 0.05) is 12.6 Å². The molecule has 0 bridgehead atoms. The van der Waals surface area contributed by atoms with Crippen molar-refractivity contribution >= 4 is 18.2 Å². The summed E-state index contributed by atoms with van der Waals surface area (Å²) < 4.78 is 9.52. The van der Waals surface area contributed by atoms with E-state index < -0.39 is 17.9 Å². The molecule has 0 N–H and O–H groups in total. The zero-order chi connectivity index (χ0) is 12.4. The molecular weight excluding hydrogens is 214 g/mol. The molecule has 0 saturated carbocycles. The van der Waals surface area contributed by atoms with Crippen molar-refractivity contribution in [3.8, 4) is 0 Å². The van der Waals surface area contributed by atoms with Gasteiger partial charge in [-0.3, -0.25) is 9.59 Å². The molecule has 6 heteroatoms. The topological polar surface area (TPSA) is 74.2 Å². The lowest BCUT2D eigenvalue weighted by Crippen LogP contribution is -2.28. The Morgan fingerprint density at radius 3 is 2.06 bits per heavy atom. The second-order valence-corrected chi connectivity index (χ2v) is 2.76. The van der Waals surface area contributed by atoms with Gasteiger partial charge in [-0.15, -0.1) is 0 Å². The van der Waals surface area contributed by atoms with E-state index in [1.54, 1.807) is 13.8 Å². The lowest BCUT2D eigenvalue weighted by Gasteiger charge is -2.11. The second kappa shape index (κ2) is 8.70. The molecule has 0 unspecified atom stereocenters. The monoisotopic (exact) mass is 231 g/mol. The first-order valence-electron chi connectivity index (χ1n) is 5.05. The van der Waals surface area contributed by atoms with Crippen LogP contribution in [0.3, 0.4) is 0 Å². The first-order chi connectivity index (χ1) is 7.67. The van der Waals surface area contributed by atoms with Gasteiger partial charge in [-0.2, -0.15) is 0 Å². The van der Waals surface area contributed by atoms with Crippen LogP contribution in [0.4, 0.5) is 0 Å². The third kappa shape index (κ3) is 5.33. The second-order valence-electron chi connectivity index (χ2n) is 2.76. The third-order valence-electron chi connectivity index (χ3n) is 1.66. The maximum absolute atomic E-state index is 11.4. The van der Waals surface area contributed by atoms with Crippen molar-refractivity contribution in [2.24, 2.45) is 11.1 Å². The van der Waals surface area contributed by atoms with Gasteiger partial charge in [-0.1, -0.05) is 5.16 Å². The van der Waals surface area contributed by atoms with E-state index in [-0.39, 0.29) is 19.6 Å². The van der Waals surface area contributed by atoms with E-state index in [4.69, 9.17) is 9.47 Å². The van der Waals surface area contributed by atoms with E-state index in [9.17, 15) is 9.59 Å². The minimum absolute atomic E-state index is 0.103. The van der Waals surface area contributed by atoms with Gasteiger partial charge in [-0.05, 0) is 13.8 Å². The average molecular weight is 231 g/mol. The first kappa shape index (κ1) is 14.4. The molecule has 0 aromatic heterocycles. The minimum Gasteiger partial charge on any atom is -0.465 e. The smallest absolute Gasteiger partial charge is 0.320 e. The minimum atomic E-state index is -0.973. The molecule has 0 aliphatic carbocycles. The fourth-order valence-electron chi connectivity index (χ4n) is 0.997. The summed E-state index contributed by atoms with van der Waals surface area (Å²) in [6, 6.07) is 0. The Hall–Kier alpha value is -1.59. The molecule has 0 atom stereocenters. The van der Waals surface area contributed by atoms with E-state index in [2.05, 4.69) is 9.99 Å². The van der Waals surface area contributed by atoms with Crippen LogP contribution in [0, 0.1) is 5.92 Å². The van der Waals surface area contributed by atoms with Gasteiger partial charge in [0.25, 0.3) is 0 Å². The molecule has 0 heterocycles. The Bertz CT molecular complexity index is 234. The highest BCUT2D eigenvalue weighted by atomic mass is 16.6. The van der Waals surface area contributed by atoms with Gasteiger partial charge < -0.3 is 14.3 Å². The third-order valence-corrected chi connectivity index (χ3v) is 1.66. The van der Waals surface area contributed by atoms with E-state index in [1.807, 2.05) is 0 Å². The molecular formula is C10H17NO5. The summed E-state index contributed by atoms with van der Waals surface area (Å²) in [5.74, 6) is -2.19. The van der Waals surface area contributed by atoms with Crippen LogP contribution in [-0.4, -0.2) is 38.5 Å². The van der Waals surface area contributed by atoms with Gasteiger partial charge in [0.2, 0.25) is 0 Å². The maximum atomic E-state index is 11.4. The highest BCUT2D eigenvalue weighted by Crippen LogP contribution is 2.07. The molecule has 0 spiro atoms. The van der Waals surface area contributed by atoms with Crippen LogP contribution in [0.1, 0.15) is 20.3 Å². The van der Waals surface area contributed by atoms with E-state index in [1.165, 1.54) is 13.3 Å². The number of ether oxygens (including phenoxy) is 2. The zero-order valence-electron chi connectivity index (χ0n) is 9.76. The number of nitrogens with zero attached hydrogens (tertiary/aromatic N) is 1. The van der Waals surface area contributed by atoms with Crippen LogP contribution in [0.25, 0.3) is 0 Å². The van der Waals surface area contributed by atoms with Crippen molar-refractivity contribution in [2.45, 2.75) is 20.3 Å². The maximum Gasteiger partial charge on any atom is 0.320 e. The average Bonchev–Trinajstić information content (AvgIpc) is 2.25. The Balaban J connectivity index is 4.42. The van der Waals surface area contributed by atoms with Crippen molar-refractivity contribution in [2.75, 3.05) is 20.3 Å². The molecule has 0 fully saturated rings. The highest BCUT2D eigenvalue weighted by molar-refractivity contribution is 5.97. The van der Waals surface area contributed by atoms with Crippen molar-refractivity contribution < 1.29 is 23.9 Å². The Labute approximate surface area is 94.5 Å². The molecule has 0 radical (unpaired) electrons. The number of hydrogen-bond donors (Lipinski definition) is 0. The number of oxime groups is 1. The molecule has 0 aliphatic rings. The number of rotatable bonds is 7. The summed E-state index contributed by atoms with van der Waals surface area (Å²) in [5, 5.41) is 3.46. The summed E-state index contributed by atoms with van der Waals surface area (Å²) in [7, 11) is 1.38. The summed E-state index contributed by atoms with van der Waals surface area (Å²) in [6.07, 6.45) is 1.43. The molecule has 6 nitrogen and oxygen atoms in total. The van der Waals surface area contributed by atoms with Crippen LogP contribution >= 0.6 is 0 Å². The largest absolute Gasteiger partial charge is 0.465 e. The van der Waals surface area contributed by atoms with Gasteiger partial charge in [0.1, 0.15) is 7.11 Å². The summed E-state index contributed by atoms with van der Waals surface area (Å²) >= 11 is 0. The predicted molar refractivity (Wildman–Crippen MR) is 56.9 cm³/mol. The Morgan fingerprint density at radius 1 is 1.19 bits per heavy atom. The fraction of sp³-hybridized carbons (Fsp3) is 0.700.